The summed E-state index contributed by atoms with van der Waals surface area (Å²) < 4.78 is 0. The van der Waals surface area contributed by atoms with Crippen LogP contribution in [0.1, 0.15) is 31.9 Å². The first kappa shape index (κ1) is 16.2. The first-order valence-corrected chi connectivity index (χ1v) is 6.73. The van der Waals surface area contributed by atoms with Crippen LogP contribution in [-0.4, -0.2) is 41.5 Å². The van der Waals surface area contributed by atoms with Crippen molar-refractivity contribution in [3.05, 3.63) is 35.9 Å². The second kappa shape index (κ2) is 7.65. The molecular weight excluding hydrogens is 256 g/mol. The van der Waals surface area contributed by atoms with Crippen molar-refractivity contribution in [1.29, 1.82) is 0 Å². The summed E-state index contributed by atoms with van der Waals surface area (Å²) in [5.41, 5.74) is 1.02. The molecule has 0 saturated carbocycles. The standard InChI is InChI=1S/C15H22N2O3/c1-4-13(15(19)20)17(3)10-14(18)16-11(2)12-8-6-5-7-9-12/h5-9,11,13H,4,10H2,1-3H3,(H,16,18)(H,19,20). The molecule has 5 heteroatoms. The van der Waals surface area contributed by atoms with Gasteiger partial charge in [-0.05, 0) is 26.0 Å². The van der Waals surface area contributed by atoms with Gasteiger partial charge < -0.3 is 10.4 Å². The Morgan fingerprint density at radius 3 is 2.40 bits per heavy atom. The van der Waals surface area contributed by atoms with E-state index in [9.17, 15) is 9.59 Å². The molecule has 2 N–H and O–H groups in total. The summed E-state index contributed by atoms with van der Waals surface area (Å²) in [4.78, 5) is 24.5. The van der Waals surface area contributed by atoms with Crippen molar-refractivity contribution < 1.29 is 14.7 Å². The molecule has 0 aliphatic carbocycles. The van der Waals surface area contributed by atoms with Gasteiger partial charge in [-0.2, -0.15) is 0 Å². The quantitative estimate of drug-likeness (QED) is 0.796. The second-order valence-corrected chi connectivity index (χ2v) is 4.88. The van der Waals surface area contributed by atoms with Gasteiger partial charge in [0, 0.05) is 0 Å². The van der Waals surface area contributed by atoms with E-state index in [2.05, 4.69) is 5.32 Å². The topological polar surface area (TPSA) is 69.6 Å². The van der Waals surface area contributed by atoms with Crippen LogP contribution < -0.4 is 5.32 Å². The number of amides is 1. The summed E-state index contributed by atoms with van der Waals surface area (Å²) in [7, 11) is 1.65. The zero-order valence-corrected chi connectivity index (χ0v) is 12.2. The maximum atomic E-state index is 11.9. The van der Waals surface area contributed by atoms with Crippen molar-refractivity contribution in [1.82, 2.24) is 10.2 Å². The van der Waals surface area contributed by atoms with E-state index in [-0.39, 0.29) is 18.5 Å². The predicted octanol–water partition coefficient (Wildman–Crippen LogP) is 1.66. The van der Waals surface area contributed by atoms with E-state index < -0.39 is 12.0 Å². The van der Waals surface area contributed by atoms with E-state index in [0.29, 0.717) is 6.42 Å². The minimum Gasteiger partial charge on any atom is -0.480 e. The normalized spacial score (nSPS) is 13.8. The summed E-state index contributed by atoms with van der Waals surface area (Å²) in [5.74, 6) is -1.08. The lowest BCUT2D eigenvalue weighted by atomic mass is 10.1. The van der Waals surface area contributed by atoms with Crippen LogP contribution >= 0.6 is 0 Å². The summed E-state index contributed by atoms with van der Waals surface area (Å²) in [6.45, 7) is 3.77. The molecule has 0 aromatic heterocycles. The van der Waals surface area contributed by atoms with Crippen LogP contribution in [0, 0.1) is 0 Å². The van der Waals surface area contributed by atoms with Gasteiger partial charge in [0.2, 0.25) is 5.91 Å². The smallest absolute Gasteiger partial charge is 0.320 e. The van der Waals surface area contributed by atoms with Gasteiger partial charge in [-0.1, -0.05) is 37.3 Å². The molecule has 0 spiro atoms. The van der Waals surface area contributed by atoms with Crippen molar-refractivity contribution in [3.8, 4) is 0 Å². The predicted molar refractivity (Wildman–Crippen MR) is 77.3 cm³/mol. The van der Waals surface area contributed by atoms with Crippen molar-refractivity contribution in [2.24, 2.45) is 0 Å². The van der Waals surface area contributed by atoms with Gasteiger partial charge in [-0.25, -0.2) is 0 Å². The van der Waals surface area contributed by atoms with Gasteiger partial charge in [0.05, 0.1) is 12.6 Å². The summed E-state index contributed by atoms with van der Waals surface area (Å²) in [6, 6.07) is 8.92. The van der Waals surface area contributed by atoms with E-state index in [0.717, 1.165) is 5.56 Å². The molecule has 2 unspecified atom stereocenters. The number of hydrogen-bond acceptors (Lipinski definition) is 3. The van der Waals surface area contributed by atoms with Gasteiger partial charge in [0.15, 0.2) is 0 Å². The Kier molecular flexibility index (Phi) is 6.18. The molecule has 0 radical (unpaired) electrons. The van der Waals surface area contributed by atoms with Crippen molar-refractivity contribution in [3.63, 3.8) is 0 Å². The highest BCUT2D eigenvalue weighted by Crippen LogP contribution is 2.11. The highest BCUT2D eigenvalue weighted by Gasteiger charge is 2.22. The van der Waals surface area contributed by atoms with Crippen molar-refractivity contribution in [2.75, 3.05) is 13.6 Å². The number of carbonyl (C=O) groups excluding carboxylic acids is 1. The lowest BCUT2D eigenvalue weighted by Crippen LogP contribution is -2.44. The van der Waals surface area contributed by atoms with Gasteiger partial charge in [-0.15, -0.1) is 0 Å². The molecule has 0 bridgehead atoms. The van der Waals surface area contributed by atoms with Gasteiger partial charge in [0.1, 0.15) is 6.04 Å². The molecule has 110 valence electrons. The number of likely N-dealkylation sites (N-methyl/N-ethyl adjacent to an activating group) is 1. The lowest BCUT2D eigenvalue weighted by molar-refractivity contribution is -0.143. The number of carboxylic acid groups (broad SMARTS) is 1. The van der Waals surface area contributed by atoms with Gasteiger partial charge >= 0.3 is 5.97 Å². The molecule has 1 rings (SSSR count). The minimum absolute atomic E-state index is 0.0714. The van der Waals surface area contributed by atoms with Gasteiger partial charge in [-0.3, -0.25) is 14.5 Å². The van der Waals surface area contributed by atoms with Crippen LogP contribution in [0.2, 0.25) is 0 Å². The van der Waals surface area contributed by atoms with E-state index >= 15 is 0 Å². The van der Waals surface area contributed by atoms with E-state index in [1.54, 1.807) is 18.9 Å². The molecule has 0 saturated heterocycles. The van der Waals surface area contributed by atoms with Crippen LogP contribution in [0.15, 0.2) is 30.3 Å². The average molecular weight is 278 g/mol. The molecule has 0 heterocycles. The third-order valence-corrected chi connectivity index (χ3v) is 3.27. The van der Waals surface area contributed by atoms with E-state index in [1.807, 2.05) is 37.3 Å². The SMILES string of the molecule is CCC(C(=O)O)N(C)CC(=O)NC(C)c1ccccc1. The van der Waals surface area contributed by atoms with Crippen LogP contribution in [-0.2, 0) is 9.59 Å². The molecule has 0 fully saturated rings. The van der Waals surface area contributed by atoms with Crippen LogP contribution in [0.3, 0.4) is 0 Å². The summed E-state index contributed by atoms with van der Waals surface area (Å²) in [6.07, 6.45) is 0.466. The summed E-state index contributed by atoms with van der Waals surface area (Å²) >= 11 is 0. The van der Waals surface area contributed by atoms with Crippen LogP contribution in [0.25, 0.3) is 0 Å². The monoisotopic (exact) mass is 278 g/mol. The molecule has 0 aliphatic heterocycles. The first-order chi connectivity index (χ1) is 9.45. The zero-order valence-electron chi connectivity index (χ0n) is 12.2. The molecule has 20 heavy (non-hydrogen) atoms. The van der Waals surface area contributed by atoms with E-state index in [1.165, 1.54) is 0 Å². The van der Waals surface area contributed by atoms with Crippen molar-refractivity contribution >= 4 is 11.9 Å². The summed E-state index contributed by atoms with van der Waals surface area (Å²) in [5, 5.41) is 11.9. The molecule has 0 aliphatic rings. The Morgan fingerprint density at radius 2 is 1.90 bits per heavy atom. The first-order valence-electron chi connectivity index (χ1n) is 6.73. The number of aliphatic carboxylic acids is 1. The number of hydrogen-bond donors (Lipinski definition) is 2. The minimum atomic E-state index is -0.904. The molecule has 1 aromatic rings. The number of nitrogens with one attached hydrogen (secondary N) is 1. The maximum Gasteiger partial charge on any atom is 0.320 e. The van der Waals surface area contributed by atoms with Crippen LogP contribution in [0.5, 0.6) is 0 Å². The fourth-order valence-corrected chi connectivity index (χ4v) is 2.12. The van der Waals surface area contributed by atoms with Crippen molar-refractivity contribution in [2.45, 2.75) is 32.4 Å². The largest absolute Gasteiger partial charge is 0.480 e. The Labute approximate surface area is 119 Å². The fraction of sp³-hybridized carbons (Fsp3) is 0.467. The lowest BCUT2D eigenvalue weighted by Gasteiger charge is -2.24. The number of nitrogens with zero attached hydrogens (tertiary/aromatic N) is 1. The number of carbonyl (C=O) groups is 2. The number of benzene rings is 1. The molecule has 1 aromatic carbocycles. The average Bonchev–Trinajstić information content (AvgIpc) is 2.39. The number of carboxylic acids is 1. The molecule has 5 nitrogen and oxygen atoms in total. The zero-order chi connectivity index (χ0) is 15.1. The third-order valence-electron chi connectivity index (χ3n) is 3.27. The highest BCUT2D eigenvalue weighted by atomic mass is 16.4. The van der Waals surface area contributed by atoms with Gasteiger partial charge in [0.25, 0.3) is 0 Å². The Morgan fingerprint density at radius 1 is 1.30 bits per heavy atom. The Hall–Kier alpha value is -1.88. The molecule has 2 atom stereocenters. The maximum absolute atomic E-state index is 11.9. The Bertz CT molecular complexity index is 448. The fourth-order valence-electron chi connectivity index (χ4n) is 2.12. The van der Waals surface area contributed by atoms with Crippen LogP contribution in [0.4, 0.5) is 0 Å². The highest BCUT2D eigenvalue weighted by molar-refractivity contribution is 5.80. The Balaban J connectivity index is 2.53. The molecule has 1 amide bonds. The number of rotatable bonds is 7. The van der Waals surface area contributed by atoms with E-state index in [4.69, 9.17) is 5.11 Å². The molecular formula is C15H22N2O3. The third kappa shape index (κ3) is 4.66. The second-order valence-electron chi connectivity index (χ2n) is 4.88.